The molecular formula is C13H18O4. The van der Waals surface area contributed by atoms with E-state index < -0.39 is 11.9 Å². The molecule has 4 nitrogen and oxygen atoms in total. The van der Waals surface area contributed by atoms with Crippen LogP contribution in [0.2, 0.25) is 0 Å². The number of carbonyl (C=O) groups is 1. The Morgan fingerprint density at radius 3 is 2.47 bits per heavy atom. The van der Waals surface area contributed by atoms with Gasteiger partial charge >= 0.3 is 5.97 Å². The molecule has 0 amide bonds. The minimum Gasteiger partial charge on any atom is -0.497 e. The maximum absolute atomic E-state index is 11.0. The van der Waals surface area contributed by atoms with Crippen molar-refractivity contribution in [3.05, 3.63) is 29.8 Å². The van der Waals surface area contributed by atoms with E-state index in [2.05, 4.69) is 0 Å². The molecule has 0 spiro atoms. The molecule has 0 aliphatic rings. The summed E-state index contributed by atoms with van der Waals surface area (Å²) >= 11 is 0. The fourth-order valence-corrected chi connectivity index (χ4v) is 1.52. The summed E-state index contributed by atoms with van der Waals surface area (Å²) in [5, 5.41) is 9.06. The minimum atomic E-state index is -0.825. The molecule has 0 aliphatic heterocycles. The van der Waals surface area contributed by atoms with Crippen molar-refractivity contribution in [1.82, 2.24) is 0 Å². The number of carboxylic acid groups (broad SMARTS) is 1. The van der Waals surface area contributed by atoms with E-state index in [0.29, 0.717) is 13.0 Å². The van der Waals surface area contributed by atoms with Gasteiger partial charge in [0.15, 0.2) is 0 Å². The third kappa shape index (κ3) is 4.44. The van der Waals surface area contributed by atoms with E-state index in [1.54, 1.807) is 7.11 Å². The number of carboxylic acids is 1. The second-order valence-electron chi connectivity index (χ2n) is 3.75. The molecule has 0 saturated heterocycles. The van der Waals surface area contributed by atoms with E-state index in [1.807, 2.05) is 31.2 Å². The molecule has 17 heavy (non-hydrogen) atoms. The Bertz CT molecular complexity index is 345. The largest absolute Gasteiger partial charge is 0.497 e. The van der Waals surface area contributed by atoms with Gasteiger partial charge in [-0.3, -0.25) is 4.79 Å². The zero-order chi connectivity index (χ0) is 12.7. The molecule has 1 atom stereocenters. The van der Waals surface area contributed by atoms with E-state index in [-0.39, 0.29) is 6.61 Å². The lowest BCUT2D eigenvalue weighted by atomic mass is 10.0. The van der Waals surface area contributed by atoms with Crippen LogP contribution in [0.4, 0.5) is 0 Å². The molecule has 1 aromatic rings. The van der Waals surface area contributed by atoms with Crippen LogP contribution < -0.4 is 4.74 Å². The van der Waals surface area contributed by atoms with Gasteiger partial charge in [-0.05, 0) is 31.0 Å². The van der Waals surface area contributed by atoms with Crippen LogP contribution >= 0.6 is 0 Å². The lowest BCUT2D eigenvalue weighted by molar-refractivity contribution is -0.143. The molecule has 1 aromatic carbocycles. The van der Waals surface area contributed by atoms with Crippen LogP contribution in [0.3, 0.4) is 0 Å². The third-order valence-corrected chi connectivity index (χ3v) is 2.51. The second-order valence-corrected chi connectivity index (χ2v) is 3.75. The molecule has 1 unspecified atom stereocenters. The van der Waals surface area contributed by atoms with Crippen molar-refractivity contribution in [2.24, 2.45) is 5.92 Å². The first-order chi connectivity index (χ1) is 8.17. The first-order valence-electron chi connectivity index (χ1n) is 5.60. The summed E-state index contributed by atoms with van der Waals surface area (Å²) in [5.74, 6) is -0.553. The fraction of sp³-hybridized carbons (Fsp3) is 0.462. The third-order valence-electron chi connectivity index (χ3n) is 2.51. The maximum atomic E-state index is 11.0. The average Bonchev–Trinajstić information content (AvgIpc) is 2.35. The highest BCUT2D eigenvalue weighted by Crippen LogP contribution is 2.15. The molecule has 1 rings (SSSR count). The van der Waals surface area contributed by atoms with Crippen molar-refractivity contribution in [3.63, 3.8) is 0 Å². The Morgan fingerprint density at radius 1 is 1.35 bits per heavy atom. The monoisotopic (exact) mass is 238 g/mol. The lowest BCUT2D eigenvalue weighted by Crippen LogP contribution is -2.22. The predicted molar refractivity (Wildman–Crippen MR) is 64.3 cm³/mol. The van der Waals surface area contributed by atoms with Gasteiger partial charge in [0.05, 0.1) is 19.6 Å². The van der Waals surface area contributed by atoms with Gasteiger partial charge in [0, 0.05) is 6.61 Å². The molecule has 0 aliphatic carbocycles. The van der Waals surface area contributed by atoms with Crippen molar-refractivity contribution < 1.29 is 19.4 Å². The Balaban J connectivity index is 2.61. The molecule has 0 aromatic heterocycles. The first kappa shape index (κ1) is 13.5. The van der Waals surface area contributed by atoms with Gasteiger partial charge in [0.2, 0.25) is 0 Å². The van der Waals surface area contributed by atoms with Gasteiger partial charge in [-0.15, -0.1) is 0 Å². The van der Waals surface area contributed by atoms with Gasteiger partial charge in [0.25, 0.3) is 0 Å². The average molecular weight is 238 g/mol. The highest BCUT2D eigenvalue weighted by molar-refractivity contribution is 5.70. The van der Waals surface area contributed by atoms with Crippen molar-refractivity contribution in [3.8, 4) is 5.75 Å². The predicted octanol–water partition coefficient (Wildman–Crippen LogP) is 1.98. The SMILES string of the molecule is CCOCC(Cc1ccc(OC)cc1)C(=O)O. The molecule has 0 heterocycles. The second kappa shape index (κ2) is 6.91. The highest BCUT2D eigenvalue weighted by atomic mass is 16.5. The lowest BCUT2D eigenvalue weighted by Gasteiger charge is -2.12. The van der Waals surface area contributed by atoms with Crippen molar-refractivity contribution >= 4 is 5.97 Å². The van der Waals surface area contributed by atoms with Crippen LogP contribution in [0.5, 0.6) is 5.75 Å². The van der Waals surface area contributed by atoms with Gasteiger partial charge in [-0.2, -0.15) is 0 Å². The molecule has 0 bridgehead atoms. The van der Waals surface area contributed by atoms with Crippen molar-refractivity contribution in [2.75, 3.05) is 20.3 Å². The topological polar surface area (TPSA) is 55.8 Å². The van der Waals surface area contributed by atoms with Gasteiger partial charge in [-0.25, -0.2) is 0 Å². The number of benzene rings is 1. The summed E-state index contributed by atoms with van der Waals surface area (Å²) in [6, 6.07) is 7.41. The van der Waals surface area contributed by atoms with E-state index in [4.69, 9.17) is 14.6 Å². The van der Waals surface area contributed by atoms with Crippen molar-refractivity contribution in [1.29, 1.82) is 0 Å². The standard InChI is InChI=1S/C13H18O4/c1-3-17-9-11(13(14)15)8-10-4-6-12(16-2)7-5-10/h4-7,11H,3,8-9H2,1-2H3,(H,14,15). The van der Waals surface area contributed by atoms with Gasteiger partial charge < -0.3 is 14.6 Å². The van der Waals surface area contributed by atoms with Crippen LogP contribution in [-0.2, 0) is 16.0 Å². The Morgan fingerprint density at radius 2 is 2.00 bits per heavy atom. The van der Waals surface area contributed by atoms with Crippen LogP contribution in [0.15, 0.2) is 24.3 Å². The quantitative estimate of drug-likeness (QED) is 0.789. The zero-order valence-corrected chi connectivity index (χ0v) is 10.2. The number of ether oxygens (including phenoxy) is 2. The molecule has 0 fully saturated rings. The normalized spacial score (nSPS) is 12.1. The van der Waals surface area contributed by atoms with Crippen molar-refractivity contribution in [2.45, 2.75) is 13.3 Å². The summed E-state index contributed by atoms with van der Waals surface area (Å²) < 4.78 is 10.2. The van der Waals surface area contributed by atoms with E-state index in [0.717, 1.165) is 11.3 Å². The molecular weight excluding hydrogens is 220 g/mol. The minimum absolute atomic E-state index is 0.248. The summed E-state index contributed by atoms with van der Waals surface area (Å²) in [6.45, 7) is 2.64. The van der Waals surface area contributed by atoms with E-state index >= 15 is 0 Å². The van der Waals surface area contributed by atoms with Crippen LogP contribution in [0, 0.1) is 5.92 Å². The fourth-order valence-electron chi connectivity index (χ4n) is 1.52. The first-order valence-corrected chi connectivity index (χ1v) is 5.60. The van der Waals surface area contributed by atoms with Crippen LogP contribution in [-0.4, -0.2) is 31.4 Å². The molecule has 94 valence electrons. The summed E-state index contributed by atoms with van der Waals surface area (Å²) in [6.07, 6.45) is 0.472. The number of rotatable bonds is 7. The summed E-state index contributed by atoms with van der Waals surface area (Å²) in [4.78, 5) is 11.0. The smallest absolute Gasteiger partial charge is 0.309 e. The Labute approximate surface area is 101 Å². The molecule has 0 radical (unpaired) electrons. The van der Waals surface area contributed by atoms with E-state index in [9.17, 15) is 4.79 Å². The maximum Gasteiger partial charge on any atom is 0.309 e. The highest BCUT2D eigenvalue weighted by Gasteiger charge is 2.17. The number of aliphatic carboxylic acids is 1. The number of methoxy groups -OCH3 is 1. The van der Waals surface area contributed by atoms with Crippen LogP contribution in [0.1, 0.15) is 12.5 Å². The van der Waals surface area contributed by atoms with Gasteiger partial charge in [0.1, 0.15) is 5.75 Å². The molecule has 0 saturated carbocycles. The number of hydrogen-bond donors (Lipinski definition) is 1. The summed E-state index contributed by atoms with van der Waals surface area (Å²) in [5.41, 5.74) is 0.970. The zero-order valence-electron chi connectivity index (χ0n) is 10.2. The van der Waals surface area contributed by atoms with Gasteiger partial charge in [-0.1, -0.05) is 12.1 Å². The number of hydrogen-bond acceptors (Lipinski definition) is 3. The van der Waals surface area contributed by atoms with Crippen LogP contribution in [0.25, 0.3) is 0 Å². The van der Waals surface area contributed by atoms with E-state index in [1.165, 1.54) is 0 Å². The summed E-state index contributed by atoms with van der Waals surface area (Å²) in [7, 11) is 1.60. The Kier molecular flexibility index (Phi) is 5.49. The molecule has 4 heteroatoms. The Hall–Kier alpha value is -1.55. The molecule has 1 N–H and O–H groups in total.